The van der Waals surface area contributed by atoms with Gasteiger partial charge in [-0.3, -0.25) is 14.9 Å². The first-order valence-corrected chi connectivity index (χ1v) is 5.21. The number of nitrogens with two attached hydrogens (primary N) is 1. The van der Waals surface area contributed by atoms with Gasteiger partial charge < -0.3 is 10.6 Å². The van der Waals surface area contributed by atoms with Crippen LogP contribution in [0.1, 0.15) is 12.5 Å². The molecule has 94 valence electrons. The molecule has 0 aromatic heterocycles. The zero-order valence-electron chi connectivity index (χ0n) is 9.79. The summed E-state index contributed by atoms with van der Waals surface area (Å²) in [5.41, 5.74) is 5.29. The largest absolute Gasteiger partial charge is 0.368 e. The van der Waals surface area contributed by atoms with Crippen LogP contribution in [0.25, 0.3) is 0 Å². The first-order valence-electron chi connectivity index (χ1n) is 5.21. The van der Waals surface area contributed by atoms with Gasteiger partial charge in [0.2, 0.25) is 5.91 Å². The van der Waals surface area contributed by atoms with Gasteiger partial charge in [0, 0.05) is 18.3 Å². The maximum absolute atomic E-state index is 10.9. The number of amides is 1. The number of carbonyl (C=O) groups excluding carboxylic acids is 1. The Hall–Kier alpha value is -2.62. The lowest BCUT2D eigenvalue weighted by atomic mass is 10.1. The molecule has 0 atom stereocenters. The topological polar surface area (TPSA) is 113 Å². The molecule has 7 heteroatoms. The van der Waals surface area contributed by atoms with Crippen molar-refractivity contribution in [3.8, 4) is 6.07 Å². The van der Waals surface area contributed by atoms with E-state index in [2.05, 4.69) is 0 Å². The summed E-state index contributed by atoms with van der Waals surface area (Å²) < 4.78 is 0. The van der Waals surface area contributed by atoms with E-state index in [-0.39, 0.29) is 17.8 Å². The van der Waals surface area contributed by atoms with Crippen molar-refractivity contribution < 1.29 is 9.72 Å². The van der Waals surface area contributed by atoms with E-state index in [0.717, 1.165) is 0 Å². The average molecular weight is 248 g/mol. The van der Waals surface area contributed by atoms with Gasteiger partial charge in [-0.2, -0.15) is 5.26 Å². The van der Waals surface area contributed by atoms with Crippen molar-refractivity contribution >= 4 is 17.3 Å². The molecule has 0 radical (unpaired) electrons. The minimum Gasteiger partial charge on any atom is -0.368 e. The van der Waals surface area contributed by atoms with Crippen LogP contribution in [0, 0.1) is 21.4 Å². The molecule has 0 saturated carbocycles. The van der Waals surface area contributed by atoms with E-state index >= 15 is 0 Å². The number of anilines is 1. The molecule has 0 spiro atoms. The standard InChI is InChI=1S/C11H12N4O3/c1-2-14(7-11(13)16)9-4-3-8(6-12)10(5-9)15(17)18/h3-5H,2,7H2,1H3,(H2,13,16). The number of primary amides is 1. The lowest BCUT2D eigenvalue weighted by Gasteiger charge is -2.21. The van der Waals surface area contributed by atoms with Crippen LogP contribution < -0.4 is 10.6 Å². The van der Waals surface area contributed by atoms with E-state index in [4.69, 9.17) is 11.0 Å². The van der Waals surface area contributed by atoms with Crippen molar-refractivity contribution in [1.82, 2.24) is 0 Å². The molecule has 0 heterocycles. The summed E-state index contributed by atoms with van der Waals surface area (Å²) in [7, 11) is 0. The van der Waals surface area contributed by atoms with Crippen molar-refractivity contribution in [3.05, 3.63) is 33.9 Å². The van der Waals surface area contributed by atoms with Crippen molar-refractivity contribution in [1.29, 1.82) is 5.26 Å². The van der Waals surface area contributed by atoms with Crippen LogP contribution >= 0.6 is 0 Å². The maximum Gasteiger partial charge on any atom is 0.289 e. The van der Waals surface area contributed by atoms with Gasteiger partial charge in [-0.15, -0.1) is 0 Å². The first-order chi connectivity index (χ1) is 8.49. The molecule has 0 aliphatic rings. The summed E-state index contributed by atoms with van der Waals surface area (Å²) in [5.74, 6) is -0.524. The lowest BCUT2D eigenvalue weighted by Crippen LogP contribution is -2.33. The molecular formula is C11H12N4O3. The number of hydrogen-bond acceptors (Lipinski definition) is 5. The fourth-order valence-electron chi connectivity index (χ4n) is 1.54. The minimum atomic E-state index is -0.625. The Morgan fingerprint density at radius 3 is 2.72 bits per heavy atom. The average Bonchev–Trinajstić information content (AvgIpc) is 2.34. The molecule has 0 bridgehead atoms. The van der Waals surface area contributed by atoms with E-state index in [1.165, 1.54) is 12.1 Å². The molecule has 1 aromatic rings. The second kappa shape index (κ2) is 5.63. The number of benzene rings is 1. The van der Waals surface area contributed by atoms with Crippen molar-refractivity contribution in [2.75, 3.05) is 18.0 Å². The number of nitrogens with zero attached hydrogens (tertiary/aromatic N) is 3. The molecule has 1 rings (SSSR count). The van der Waals surface area contributed by atoms with Crippen LogP contribution in [-0.4, -0.2) is 23.9 Å². The third kappa shape index (κ3) is 2.95. The molecule has 0 saturated heterocycles. The first kappa shape index (κ1) is 13.4. The van der Waals surface area contributed by atoms with Gasteiger partial charge in [-0.05, 0) is 19.1 Å². The van der Waals surface area contributed by atoms with Crippen molar-refractivity contribution in [3.63, 3.8) is 0 Å². The van der Waals surface area contributed by atoms with Crippen LogP contribution in [0.5, 0.6) is 0 Å². The van der Waals surface area contributed by atoms with Gasteiger partial charge in [0.25, 0.3) is 5.69 Å². The highest BCUT2D eigenvalue weighted by molar-refractivity contribution is 5.79. The van der Waals surface area contributed by atoms with Gasteiger partial charge in [0.05, 0.1) is 11.5 Å². The number of likely N-dealkylation sites (N-methyl/N-ethyl adjacent to an activating group) is 1. The molecule has 1 aromatic carbocycles. The Balaban J connectivity index is 3.18. The summed E-state index contributed by atoms with van der Waals surface area (Å²) >= 11 is 0. The molecule has 2 N–H and O–H groups in total. The highest BCUT2D eigenvalue weighted by Gasteiger charge is 2.17. The maximum atomic E-state index is 10.9. The third-order valence-electron chi connectivity index (χ3n) is 2.39. The van der Waals surface area contributed by atoms with Gasteiger partial charge in [0.1, 0.15) is 11.6 Å². The Bertz CT molecular complexity index is 522. The third-order valence-corrected chi connectivity index (χ3v) is 2.39. The summed E-state index contributed by atoms with van der Waals surface area (Å²) in [6, 6.07) is 5.93. The van der Waals surface area contributed by atoms with E-state index in [0.29, 0.717) is 12.2 Å². The van der Waals surface area contributed by atoms with Gasteiger partial charge in [-0.25, -0.2) is 0 Å². The van der Waals surface area contributed by atoms with Gasteiger partial charge >= 0.3 is 0 Å². The van der Waals surface area contributed by atoms with Gasteiger partial charge in [-0.1, -0.05) is 0 Å². The molecule has 7 nitrogen and oxygen atoms in total. The van der Waals surface area contributed by atoms with Crippen molar-refractivity contribution in [2.24, 2.45) is 5.73 Å². The molecule has 18 heavy (non-hydrogen) atoms. The fraction of sp³-hybridized carbons (Fsp3) is 0.273. The number of rotatable bonds is 5. The van der Waals surface area contributed by atoms with Crippen LogP contribution in [0.15, 0.2) is 18.2 Å². The minimum absolute atomic E-state index is 0.0149. The monoisotopic (exact) mass is 248 g/mol. The zero-order valence-corrected chi connectivity index (χ0v) is 9.79. The Morgan fingerprint density at radius 1 is 1.61 bits per heavy atom. The number of nitro benzene ring substituents is 1. The number of carbonyl (C=O) groups is 1. The quantitative estimate of drug-likeness (QED) is 0.610. The molecular weight excluding hydrogens is 236 g/mol. The van der Waals surface area contributed by atoms with E-state index < -0.39 is 10.8 Å². The van der Waals surface area contributed by atoms with Crippen LogP contribution in [0.4, 0.5) is 11.4 Å². The molecule has 0 aliphatic heterocycles. The number of nitriles is 1. The fourth-order valence-corrected chi connectivity index (χ4v) is 1.54. The Kier molecular flexibility index (Phi) is 4.21. The highest BCUT2D eigenvalue weighted by Crippen LogP contribution is 2.24. The molecule has 0 unspecified atom stereocenters. The van der Waals surface area contributed by atoms with Crippen LogP contribution in [0.2, 0.25) is 0 Å². The molecule has 0 fully saturated rings. The zero-order chi connectivity index (χ0) is 13.7. The van der Waals surface area contributed by atoms with Gasteiger partial charge in [0.15, 0.2) is 0 Å². The lowest BCUT2D eigenvalue weighted by molar-refractivity contribution is -0.385. The van der Waals surface area contributed by atoms with Crippen LogP contribution in [-0.2, 0) is 4.79 Å². The van der Waals surface area contributed by atoms with Crippen LogP contribution in [0.3, 0.4) is 0 Å². The second-order valence-electron chi connectivity index (χ2n) is 3.55. The number of hydrogen-bond donors (Lipinski definition) is 1. The Morgan fingerprint density at radius 2 is 2.28 bits per heavy atom. The Labute approximate surface area is 104 Å². The smallest absolute Gasteiger partial charge is 0.289 e. The van der Waals surface area contributed by atoms with E-state index in [1.807, 2.05) is 0 Å². The predicted octanol–water partition coefficient (Wildman–Crippen LogP) is 0.778. The molecule has 1 amide bonds. The molecule has 0 aliphatic carbocycles. The normalized spacial score (nSPS) is 9.56. The number of nitro groups is 1. The summed E-state index contributed by atoms with van der Waals surface area (Å²) in [6.45, 7) is 2.25. The highest BCUT2D eigenvalue weighted by atomic mass is 16.6. The summed E-state index contributed by atoms with van der Waals surface area (Å²) in [6.07, 6.45) is 0. The van der Waals surface area contributed by atoms with Crippen molar-refractivity contribution in [2.45, 2.75) is 6.92 Å². The SMILES string of the molecule is CCN(CC(N)=O)c1ccc(C#N)c([N+](=O)[O-])c1. The summed E-state index contributed by atoms with van der Waals surface area (Å²) in [4.78, 5) is 22.7. The second-order valence-corrected chi connectivity index (χ2v) is 3.55. The summed E-state index contributed by atoms with van der Waals surface area (Å²) in [5, 5.41) is 19.6. The predicted molar refractivity (Wildman–Crippen MR) is 64.9 cm³/mol. The van der Waals surface area contributed by atoms with E-state index in [1.54, 1.807) is 24.0 Å². The van der Waals surface area contributed by atoms with E-state index in [9.17, 15) is 14.9 Å².